The highest BCUT2D eigenvalue weighted by Gasteiger charge is 2.48. The van der Waals surface area contributed by atoms with Crippen LogP contribution in [0.25, 0.3) is 0 Å². The Bertz CT molecular complexity index is 235. The van der Waals surface area contributed by atoms with Crippen LogP contribution in [0.5, 0.6) is 0 Å². The SMILES string of the molecule is CCCC(C)C(N)C1CC(C)(C)OC1(C)C. The second kappa shape index (κ2) is 4.66. The second-order valence-corrected chi connectivity index (χ2v) is 6.62. The van der Waals surface area contributed by atoms with E-state index in [1.807, 2.05) is 0 Å². The van der Waals surface area contributed by atoms with E-state index >= 15 is 0 Å². The van der Waals surface area contributed by atoms with Gasteiger partial charge in [-0.1, -0.05) is 20.3 Å². The van der Waals surface area contributed by atoms with E-state index in [4.69, 9.17) is 10.5 Å². The Balaban J connectivity index is 2.72. The summed E-state index contributed by atoms with van der Waals surface area (Å²) in [6, 6.07) is 0.261. The molecule has 1 aliphatic rings. The van der Waals surface area contributed by atoms with Gasteiger partial charge in [0, 0.05) is 12.0 Å². The average Bonchev–Trinajstić information content (AvgIpc) is 2.33. The maximum atomic E-state index is 6.43. The van der Waals surface area contributed by atoms with Gasteiger partial charge in [0.1, 0.15) is 0 Å². The number of hydrogen-bond acceptors (Lipinski definition) is 2. The van der Waals surface area contributed by atoms with Crippen molar-refractivity contribution in [2.24, 2.45) is 17.6 Å². The summed E-state index contributed by atoms with van der Waals surface area (Å²) in [6.45, 7) is 13.2. The van der Waals surface area contributed by atoms with Gasteiger partial charge in [-0.15, -0.1) is 0 Å². The molecular weight excluding hydrogens is 198 g/mol. The highest BCUT2D eigenvalue weighted by molar-refractivity contribution is 4.99. The van der Waals surface area contributed by atoms with E-state index in [9.17, 15) is 0 Å². The molecule has 1 aliphatic heterocycles. The molecule has 0 aromatic heterocycles. The molecule has 0 aromatic carbocycles. The van der Waals surface area contributed by atoms with E-state index in [0.29, 0.717) is 11.8 Å². The monoisotopic (exact) mass is 227 g/mol. The van der Waals surface area contributed by atoms with E-state index in [2.05, 4.69) is 41.5 Å². The molecule has 3 unspecified atom stereocenters. The van der Waals surface area contributed by atoms with Gasteiger partial charge in [-0.25, -0.2) is 0 Å². The number of rotatable bonds is 4. The first kappa shape index (κ1) is 14.0. The Morgan fingerprint density at radius 1 is 1.31 bits per heavy atom. The molecule has 16 heavy (non-hydrogen) atoms. The molecule has 3 atom stereocenters. The van der Waals surface area contributed by atoms with Crippen LogP contribution in [0.15, 0.2) is 0 Å². The lowest BCUT2D eigenvalue weighted by atomic mass is 9.76. The van der Waals surface area contributed by atoms with Crippen molar-refractivity contribution in [3.63, 3.8) is 0 Å². The number of hydrogen-bond donors (Lipinski definition) is 1. The minimum atomic E-state index is -0.0785. The van der Waals surface area contributed by atoms with Crippen LogP contribution in [-0.4, -0.2) is 17.2 Å². The molecular formula is C14H29NO. The molecule has 0 radical (unpaired) electrons. The third-order valence-electron chi connectivity index (χ3n) is 4.01. The molecule has 0 spiro atoms. The summed E-state index contributed by atoms with van der Waals surface area (Å²) >= 11 is 0. The van der Waals surface area contributed by atoms with Crippen molar-refractivity contribution in [3.8, 4) is 0 Å². The fourth-order valence-electron chi connectivity index (χ4n) is 3.25. The largest absolute Gasteiger partial charge is 0.369 e. The Morgan fingerprint density at radius 2 is 1.88 bits per heavy atom. The van der Waals surface area contributed by atoms with Crippen LogP contribution in [0, 0.1) is 11.8 Å². The van der Waals surface area contributed by atoms with Crippen LogP contribution >= 0.6 is 0 Å². The summed E-state index contributed by atoms with van der Waals surface area (Å²) in [6.07, 6.45) is 3.51. The predicted octanol–water partition coefficient (Wildman–Crippen LogP) is 3.34. The highest BCUT2D eigenvalue weighted by Crippen LogP contribution is 2.44. The van der Waals surface area contributed by atoms with E-state index in [1.165, 1.54) is 12.8 Å². The van der Waals surface area contributed by atoms with Gasteiger partial charge < -0.3 is 10.5 Å². The molecule has 0 amide bonds. The molecule has 1 heterocycles. The van der Waals surface area contributed by atoms with Crippen molar-refractivity contribution < 1.29 is 4.74 Å². The van der Waals surface area contributed by atoms with Crippen molar-refractivity contribution in [2.75, 3.05) is 0 Å². The first-order valence-corrected chi connectivity index (χ1v) is 6.65. The zero-order valence-electron chi connectivity index (χ0n) is 11.8. The Kier molecular flexibility index (Phi) is 4.07. The van der Waals surface area contributed by atoms with Gasteiger partial charge in [-0.2, -0.15) is 0 Å². The van der Waals surface area contributed by atoms with E-state index in [0.717, 1.165) is 6.42 Å². The van der Waals surface area contributed by atoms with Crippen LogP contribution in [0.4, 0.5) is 0 Å². The molecule has 1 fully saturated rings. The molecule has 2 heteroatoms. The molecule has 1 rings (SSSR count). The Hall–Kier alpha value is -0.0800. The number of ether oxygens (including phenoxy) is 1. The lowest BCUT2D eigenvalue weighted by Gasteiger charge is -2.34. The van der Waals surface area contributed by atoms with Crippen LogP contribution < -0.4 is 5.73 Å². The number of nitrogens with two attached hydrogens (primary N) is 1. The second-order valence-electron chi connectivity index (χ2n) is 6.62. The van der Waals surface area contributed by atoms with Gasteiger partial charge in [0.2, 0.25) is 0 Å². The zero-order chi connectivity index (χ0) is 12.6. The van der Waals surface area contributed by atoms with E-state index in [1.54, 1.807) is 0 Å². The summed E-state index contributed by atoms with van der Waals surface area (Å²) in [7, 11) is 0. The Labute approximate surface area is 101 Å². The van der Waals surface area contributed by atoms with Gasteiger partial charge in [-0.05, 0) is 46.5 Å². The zero-order valence-corrected chi connectivity index (χ0v) is 11.8. The normalized spacial score (nSPS) is 31.3. The summed E-state index contributed by atoms with van der Waals surface area (Å²) < 4.78 is 6.12. The predicted molar refractivity (Wildman–Crippen MR) is 69.4 cm³/mol. The van der Waals surface area contributed by atoms with Crippen LogP contribution in [0.1, 0.15) is 60.8 Å². The van der Waals surface area contributed by atoms with Gasteiger partial charge in [0.15, 0.2) is 0 Å². The summed E-state index contributed by atoms with van der Waals surface area (Å²) in [5.74, 6) is 1.07. The van der Waals surface area contributed by atoms with E-state index in [-0.39, 0.29) is 17.2 Å². The lowest BCUT2D eigenvalue weighted by Crippen LogP contribution is -2.44. The highest BCUT2D eigenvalue weighted by atomic mass is 16.5. The van der Waals surface area contributed by atoms with Crippen LogP contribution in [0.2, 0.25) is 0 Å². The summed E-state index contributed by atoms with van der Waals surface area (Å²) in [5.41, 5.74) is 6.33. The minimum Gasteiger partial charge on any atom is -0.369 e. The third-order valence-corrected chi connectivity index (χ3v) is 4.01. The van der Waals surface area contributed by atoms with Crippen molar-refractivity contribution >= 4 is 0 Å². The lowest BCUT2D eigenvalue weighted by molar-refractivity contribution is -0.0780. The van der Waals surface area contributed by atoms with Crippen LogP contribution in [0.3, 0.4) is 0 Å². The van der Waals surface area contributed by atoms with Crippen molar-refractivity contribution in [1.82, 2.24) is 0 Å². The van der Waals surface area contributed by atoms with Crippen LogP contribution in [-0.2, 0) is 4.74 Å². The van der Waals surface area contributed by atoms with E-state index < -0.39 is 0 Å². The molecule has 0 saturated carbocycles. The quantitative estimate of drug-likeness (QED) is 0.799. The summed E-state index contributed by atoms with van der Waals surface area (Å²) in [5, 5.41) is 0. The molecule has 0 aromatic rings. The fraction of sp³-hybridized carbons (Fsp3) is 1.00. The standard InChI is InChI=1S/C14H29NO/c1-7-8-10(2)12(15)11-9-13(3,4)16-14(11,5)6/h10-12H,7-9,15H2,1-6H3. The first-order chi connectivity index (χ1) is 7.19. The van der Waals surface area contributed by atoms with Crippen molar-refractivity contribution in [2.45, 2.75) is 78.0 Å². The Morgan fingerprint density at radius 3 is 2.25 bits per heavy atom. The van der Waals surface area contributed by atoms with Crippen molar-refractivity contribution in [3.05, 3.63) is 0 Å². The molecule has 0 aliphatic carbocycles. The first-order valence-electron chi connectivity index (χ1n) is 6.65. The average molecular weight is 227 g/mol. The van der Waals surface area contributed by atoms with Gasteiger partial charge in [-0.3, -0.25) is 0 Å². The van der Waals surface area contributed by atoms with Crippen molar-refractivity contribution in [1.29, 1.82) is 0 Å². The molecule has 0 bridgehead atoms. The van der Waals surface area contributed by atoms with Gasteiger partial charge in [0.25, 0.3) is 0 Å². The van der Waals surface area contributed by atoms with Gasteiger partial charge >= 0.3 is 0 Å². The molecule has 1 saturated heterocycles. The minimum absolute atomic E-state index is 0.0161. The summed E-state index contributed by atoms with van der Waals surface area (Å²) in [4.78, 5) is 0. The molecule has 2 nitrogen and oxygen atoms in total. The third kappa shape index (κ3) is 2.98. The fourth-order valence-corrected chi connectivity index (χ4v) is 3.25. The topological polar surface area (TPSA) is 35.2 Å². The van der Waals surface area contributed by atoms with Gasteiger partial charge in [0.05, 0.1) is 11.2 Å². The smallest absolute Gasteiger partial charge is 0.0677 e. The maximum absolute atomic E-state index is 6.43. The molecule has 2 N–H and O–H groups in total. The molecule has 96 valence electrons. The maximum Gasteiger partial charge on any atom is 0.0677 e.